The number of rotatable bonds is 8. The maximum Gasteiger partial charge on any atom is 0.260 e. The summed E-state index contributed by atoms with van der Waals surface area (Å²) in [5.41, 5.74) is 3.60. The molecule has 6 heteroatoms. The van der Waals surface area contributed by atoms with Gasteiger partial charge in [0.15, 0.2) is 18.1 Å². The summed E-state index contributed by atoms with van der Waals surface area (Å²) in [5.74, 6) is 1.17. The average molecular weight is 399 g/mol. The van der Waals surface area contributed by atoms with Gasteiger partial charge in [0.25, 0.3) is 5.91 Å². The first-order valence-corrected chi connectivity index (χ1v) is 10.0. The van der Waals surface area contributed by atoms with Crippen LogP contribution in [0.1, 0.15) is 29.7 Å². The van der Waals surface area contributed by atoms with Gasteiger partial charge in [-0.1, -0.05) is 35.9 Å². The second-order valence-electron chi connectivity index (χ2n) is 7.28. The standard InChI is InChI=1S/C23H30N2O4/c1-17-4-7-20(8-5-17)18(2)24-15-19-6-9-21(22(14-19)27-3)29-16-23(26)25-10-12-28-13-11-25/h4-9,14,18,24H,10-13,15-16H2,1-3H3. The van der Waals surface area contributed by atoms with Crippen molar-refractivity contribution in [2.45, 2.75) is 26.4 Å². The summed E-state index contributed by atoms with van der Waals surface area (Å²) in [6, 6.07) is 14.6. The Kier molecular flexibility index (Phi) is 7.49. The molecule has 1 fully saturated rings. The van der Waals surface area contributed by atoms with Crippen molar-refractivity contribution in [3.05, 3.63) is 59.2 Å². The minimum absolute atomic E-state index is 0.00157. The van der Waals surface area contributed by atoms with Gasteiger partial charge in [-0.3, -0.25) is 4.79 Å². The fourth-order valence-electron chi connectivity index (χ4n) is 3.23. The van der Waals surface area contributed by atoms with Gasteiger partial charge in [-0.2, -0.15) is 0 Å². The first-order valence-electron chi connectivity index (χ1n) is 10.0. The molecule has 0 bridgehead atoms. The maximum absolute atomic E-state index is 12.3. The number of amides is 1. The van der Waals surface area contributed by atoms with Crippen LogP contribution >= 0.6 is 0 Å². The van der Waals surface area contributed by atoms with Crippen molar-refractivity contribution >= 4 is 5.91 Å². The van der Waals surface area contributed by atoms with Crippen LogP contribution in [0, 0.1) is 6.92 Å². The normalized spacial score (nSPS) is 15.1. The SMILES string of the molecule is COc1cc(CNC(C)c2ccc(C)cc2)ccc1OCC(=O)N1CCOCC1. The highest BCUT2D eigenvalue weighted by Gasteiger charge is 2.18. The van der Waals surface area contributed by atoms with Crippen molar-refractivity contribution in [3.8, 4) is 11.5 Å². The van der Waals surface area contributed by atoms with Crippen LogP contribution in [0.2, 0.25) is 0 Å². The zero-order valence-corrected chi connectivity index (χ0v) is 17.4. The molecule has 3 rings (SSSR count). The Bertz CT molecular complexity index is 801. The van der Waals surface area contributed by atoms with E-state index in [1.807, 2.05) is 18.2 Å². The third-order valence-electron chi connectivity index (χ3n) is 5.13. The van der Waals surface area contributed by atoms with Gasteiger partial charge >= 0.3 is 0 Å². The van der Waals surface area contributed by atoms with Crippen LogP contribution in [-0.4, -0.2) is 50.8 Å². The summed E-state index contributed by atoms with van der Waals surface area (Å²) >= 11 is 0. The van der Waals surface area contributed by atoms with E-state index in [0.717, 1.165) is 5.56 Å². The monoisotopic (exact) mass is 398 g/mol. The zero-order valence-electron chi connectivity index (χ0n) is 17.4. The van der Waals surface area contributed by atoms with Gasteiger partial charge in [-0.05, 0) is 37.1 Å². The molecule has 1 atom stereocenters. The van der Waals surface area contributed by atoms with E-state index in [-0.39, 0.29) is 18.6 Å². The first kappa shape index (κ1) is 21.1. The quantitative estimate of drug-likeness (QED) is 0.741. The minimum Gasteiger partial charge on any atom is -0.493 e. The third kappa shape index (κ3) is 5.95. The fraction of sp³-hybridized carbons (Fsp3) is 0.435. The lowest BCUT2D eigenvalue weighted by Gasteiger charge is -2.26. The molecule has 1 aliphatic heterocycles. The van der Waals surface area contributed by atoms with E-state index in [4.69, 9.17) is 14.2 Å². The van der Waals surface area contributed by atoms with E-state index in [1.165, 1.54) is 11.1 Å². The number of benzene rings is 2. The molecule has 156 valence electrons. The molecule has 1 heterocycles. The molecule has 2 aromatic carbocycles. The predicted octanol–water partition coefficient (Wildman–Crippen LogP) is 3.09. The molecular formula is C23H30N2O4. The molecule has 1 N–H and O–H groups in total. The predicted molar refractivity (Wildman–Crippen MR) is 112 cm³/mol. The van der Waals surface area contributed by atoms with E-state index in [9.17, 15) is 4.79 Å². The largest absolute Gasteiger partial charge is 0.493 e. The minimum atomic E-state index is -0.0342. The van der Waals surface area contributed by atoms with Crippen molar-refractivity contribution in [1.82, 2.24) is 10.2 Å². The highest BCUT2D eigenvalue weighted by Crippen LogP contribution is 2.28. The van der Waals surface area contributed by atoms with Crippen LogP contribution in [0.25, 0.3) is 0 Å². The molecule has 1 aliphatic rings. The number of carbonyl (C=O) groups excluding carboxylic acids is 1. The lowest BCUT2D eigenvalue weighted by atomic mass is 10.1. The lowest BCUT2D eigenvalue weighted by molar-refractivity contribution is -0.137. The summed E-state index contributed by atoms with van der Waals surface area (Å²) in [5, 5.41) is 3.53. The third-order valence-corrected chi connectivity index (χ3v) is 5.13. The van der Waals surface area contributed by atoms with Crippen molar-refractivity contribution in [1.29, 1.82) is 0 Å². The second kappa shape index (κ2) is 10.3. The van der Waals surface area contributed by atoms with Gasteiger partial charge in [0.1, 0.15) is 0 Å². The van der Waals surface area contributed by atoms with Gasteiger partial charge in [-0.25, -0.2) is 0 Å². The van der Waals surface area contributed by atoms with Gasteiger partial charge in [-0.15, -0.1) is 0 Å². The summed E-state index contributed by atoms with van der Waals surface area (Å²) in [6.07, 6.45) is 0. The number of methoxy groups -OCH3 is 1. The molecule has 0 saturated carbocycles. The first-order chi connectivity index (χ1) is 14.1. The summed E-state index contributed by atoms with van der Waals surface area (Å²) in [4.78, 5) is 14.0. The molecule has 1 saturated heterocycles. The molecule has 0 spiro atoms. The molecular weight excluding hydrogens is 368 g/mol. The van der Waals surface area contributed by atoms with Crippen molar-refractivity contribution in [3.63, 3.8) is 0 Å². The topological polar surface area (TPSA) is 60.0 Å². The molecule has 29 heavy (non-hydrogen) atoms. The second-order valence-corrected chi connectivity index (χ2v) is 7.28. The van der Waals surface area contributed by atoms with E-state index >= 15 is 0 Å². The van der Waals surface area contributed by atoms with Crippen LogP contribution < -0.4 is 14.8 Å². The maximum atomic E-state index is 12.3. The summed E-state index contributed by atoms with van der Waals surface area (Å²) in [6.45, 7) is 7.33. The summed E-state index contributed by atoms with van der Waals surface area (Å²) < 4.78 is 16.5. The number of morpholine rings is 1. The molecule has 2 aromatic rings. The number of carbonyl (C=O) groups is 1. The number of nitrogens with one attached hydrogen (secondary N) is 1. The molecule has 1 unspecified atom stereocenters. The molecule has 0 aliphatic carbocycles. The lowest BCUT2D eigenvalue weighted by Crippen LogP contribution is -2.43. The van der Waals surface area contributed by atoms with Crippen molar-refractivity contribution < 1.29 is 19.0 Å². The number of aryl methyl sites for hydroxylation is 1. The Hall–Kier alpha value is -2.57. The van der Waals surface area contributed by atoms with E-state index in [2.05, 4.69) is 43.4 Å². The van der Waals surface area contributed by atoms with Crippen LogP contribution in [0.5, 0.6) is 11.5 Å². The van der Waals surface area contributed by atoms with Gasteiger partial charge < -0.3 is 24.4 Å². The zero-order chi connectivity index (χ0) is 20.6. The highest BCUT2D eigenvalue weighted by atomic mass is 16.5. The number of hydrogen-bond acceptors (Lipinski definition) is 5. The Balaban J connectivity index is 1.55. The van der Waals surface area contributed by atoms with Crippen LogP contribution in [0.4, 0.5) is 0 Å². The fourth-order valence-corrected chi connectivity index (χ4v) is 3.23. The number of nitrogens with zero attached hydrogens (tertiary/aromatic N) is 1. The number of ether oxygens (including phenoxy) is 3. The van der Waals surface area contributed by atoms with Crippen molar-refractivity contribution in [2.24, 2.45) is 0 Å². The molecule has 1 amide bonds. The summed E-state index contributed by atoms with van der Waals surface area (Å²) in [7, 11) is 1.61. The van der Waals surface area contributed by atoms with Gasteiger partial charge in [0.2, 0.25) is 0 Å². The van der Waals surface area contributed by atoms with Crippen LogP contribution in [0.15, 0.2) is 42.5 Å². The molecule has 0 aromatic heterocycles. The Morgan fingerprint density at radius 1 is 1.14 bits per heavy atom. The van der Waals surface area contributed by atoms with Crippen LogP contribution in [0.3, 0.4) is 0 Å². The van der Waals surface area contributed by atoms with E-state index in [1.54, 1.807) is 12.0 Å². The Morgan fingerprint density at radius 2 is 1.86 bits per heavy atom. The van der Waals surface area contributed by atoms with Gasteiger partial charge in [0.05, 0.1) is 20.3 Å². The van der Waals surface area contributed by atoms with Crippen LogP contribution in [-0.2, 0) is 16.1 Å². The van der Waals surface area contributed by atoms with Gasteiger partial charge in [0, 0.05) is 25.7 Å². The highest BCUT2D eigenvalue weighted by molar-refractivity contribution is 5.78. The Morgan fingerprint density at radius 3 is 2.55 bits per heavy atom. The smallest absolute Gasteiger partial charge is 0.260 e. The van der Waals surface area contributed by atoms with E-state index in [0.29, 0.717) is 44.3 Å². The molecule has 6 nitrogen and oxygen atoms in total. The average Bonchev–Trinajstić information content (AvgIpc) is 2.77. The number of hydrogen-bond donors (Lipinski definition) is 1. The van der Waals surface area contributed by atoms with E-state index < -0.39 is 0 Å². The molecule has 0 radical (unpaired) electrons. The van der Waals surface area contributed by atoms with Crippen molar-refractivity contribution in [2.75, 3.05) is 40.0 Å². The Labute approximate surface area is 172 Å².